The van der Waals surface area contributed by atoms with E-state index >= 15 is 0 Å². The van der Waals surface area contributed by atoms with Gasteiger partial charge in [0.1, 0.15) is 11.9 Å². The quantitative estimate of drug-likeness (QED) is 0.869. The molecule has 22 heavy (non-hydrogen) atoms. The predicted molar refractivity (Wildman–Crippen MR) is 83.2 cm³/mol. The average molecular weight is 307 g/mol. The lowest BCUT2D eigenvalue weighted by Gasteiger charge is -2.50. The Labute approximate surface area is 131 Å². The number of ether oxygens (including phenoxy) is 2. The van der Waals surface area contributed by atoms with Crippen LogP contribution in [0.3, 0.4) is 0 Å². The highest BCUT2D eigenvalue weighted by molar-refractivity contribution is 5.89. The summed E-state index contributed by atoms with van der Waals surface area (Å²) in [6, 6.07) is 6.86. The second kappa shape index (κ2) is 5.89. The molecule has 1 N–H and O–H groups in total. The molecule has 0 unspecified atom stereocenters. The summed E-state index contributed by atoms with van der Waals surface area (Å²) in [6.45, 7) is 7.79. The Balaban J connectivity index is 2.08. The first-order valence-electron chi connectivity index (χ1n) is 7.50. The normalized spacial score (nSPS) is 21.4. The van der Waals surface area contributed by atoms with Crippen LogP contribution in [0.15, 0.2) is 24.3 Å². The van der Waals surface area contributed by atoms with Crippen molar-refractivity contribution < 1.29 is 19.5 Å². The molecule has 122 valence electrons. The molecule has 1 aromatic rings. The van der Waals surface area contributed by atoms with Crippen molar-refractivity contribution in [1.29, 1.82) is 0 Å². The molecule has 1 aliphatic rings. The van der Waals surface area contributed by atoms with Gasteiger partial charge in [0.05, 0.1) is 12.7 Å². The predicted octanol–water partition coefficient (Wildman–Crippen LogP) is 3.26. The molecule has 0 radical (unpaired) electrons. The van der Waals surface area contributed by atoms with Crippen molar-refractivity contribution in [2.45, 2.75) is 57.7 Å². The summed E-state index contributed by atoms with van der Waals surface area (Å²) in [5, 5.41) is 11.6. The van der Waals surface area contributed by atoms with Gasteiger partial charge in [0.15, 0.2) is 0 Å². The molecule has 1 aliphatic heterocycles. The third kappa shape index (κ3) is 3.42. The second-order valence-corrected chi connectivity index (χ2v) is 7.10. The van der Waals surface area contributed by atoms with Crippen LogP contribution in [0.4, 0.5) is 0 Å². The van der Waals surface area contributed by atoms with Crippen LogP contribution in [-0.2, 0) is 4.74 Å². The lowest BCUT2D eigenvalue weighted by atomic mass is 9.80. The van der Waals surface area contributed by atoms with Gasteiger partial charge in [0.2, 0.25) is 0 Å². The van der Waals surface area contributed by atoms with E-state index in [1.54, 1.807) is 31.4 Å². The van der Waals surface area contributed by atoms with Gasteiger partial charge in [-0.15, -0.1) is 0 Å². The fourth-order valence-electron chi connectivity index (χ4n) is 3.21. The molecule has 2 rings (SSSR count). The zero-order valence-corrected chi connectivity index (χ0v) is 13.9. The molecule has 0 aromatic heterocycles. The Bertz CT molecular complexity index is 518. The van der Waals surface area contributed by atoms with Crippen LogP contribution in [0, 0.1) is 0 Å². The molecule has 1 aromatic carbocycles. The monoisotopic (exact) mass is 307 g/mol. The lowest BCUT2D eigenvalue weighted by Crippen LogP contribution is -2.60. The van der Waals surface area contributed by atoms with Crippen LogP contribution in [0.5, 0.6) is 5.75 Å². The van der Waals surface area contributed by atoms with Gasteiger partial charge >= 0.3 is 5.97 Å². The van der Waals surface area contributed by atoms with Crippen molar-refractivity contribution in [1.82, 2.24) is 5.06 Å². The highest BCUT2D eigenvalue weighted by atomic mass is 16.5. The Morgan fingerprint density at radius 2 is 1.64 bits per heavy atom. The van der Waals surface area contributed by atoms with Gasteiger partial charge in [0, 0.05) is 23.9 Å². The molecule has 0 spiro atoms. The van der Waals surface area contributed by atoms with E-state index in [4.69, 9.17) is 9.47 Å². The highest BCUT2D eigenvalue weighted by Gasteiger charge is 2.46. The SMILES string of the molecule is COc1ccc(C(=O)OC2CC(C)(C)N(O)C(C)(C)C2)cc1. The summed E-state index contributed by atoms with van der Waals surface area (Å²) in [4.78, 5) is 12.3. The smallest absolute Gasteiger partial charge is 0.338 e. The van der Waals surface area contributed by atoms with Gasteiger partial charge < -0.3 is 14.7 Å². The summed E-state index contributed by atoms with van der Waals surface area (Å²) in [5.74, 6) is 0.359. The van der Waals surface area contributed by atoms with E-state index in [2.05, 4.69) is 0 Å². The number of piperidine rings is 1. The van der Waals surface area contributed by atoms with E-state index in [-0.39, 0.29) is 12.1 Å². The Hall–Kier alpha value is -1.59. The highest BCUT2D eigenvalue weighted by Crippen LogP contribution is 2.38. The van der Waals surface area contributed by atoms with Gasteiger partial charge in [-0.25, -0.2) is 4.79 Å². The Kier molecular flexibility index (Phi) is 4.49. The van der Waals surface area contributed by atoms with Gasteiger partial charge in [-0.1, -0.05) is 0 Å². The maximum absolute atomic E-state index is 12.3. The Morgan fingerprint density at radius 3 is 2.09 bits per heavy atom. The number of esters is 1. The molecule has 5 nitrogen and oxygen atoms in total. The third-order valence-electron chi connectivity index (χ3n) is 4.20. The fourth-order valence-corrected chi connectivity index (χ4v) is 3.21. The summed E-state index contributed by atoms with van der Waals surface area (Å²) < 4.78 is 10.7. The molecular formula is C17H25NO4. The van der Waals surface area contributed by atoms with E-state index in [0.717, 1.165) is 0 Å². The minimum atomic E-state index is -0.438. The molecular weight excluding hydrogens is 282 g/mol. The van der Waals surface area contributed by atoms with Crippen molar-refractivity contribution in [2.75, 3.05) is 7.11 Å². The van der Waals surface area contributed by atoms with Crippen LogP contribution >= 0.6 is 0 Å². The molecule has 1 heterocycles. The van der Waals surface area contributed by atoms with Crippen LogP contribution < -0.4 is 4.74 Å². The molecule has 0 amide bonds. The van der Waals surface area contributed by atoms with E-state index in [1.807, 2.05) is 27.7 Å². The van der Waals surface area contributed by atoms with Gasteiger partial charge in [-0.3, -0.25) is 0 Å². The van der Waals surface area contributed by atoms with Gasteiger partial charge in [-0.05, 0) is 52.0 Å². The van der Waals surface area contributed by atoms with Crippen molar-refractivity contribution >= 4 is 5.97 Å². The standard InChI is InChI=1S/C17H25NO4/c1-16(2)10-14(11-17(3,4)18(16)20)22-15(19)12-6-8-13(21-5)9-7-12/h6-9,14,20H,10-11H2,1-5H3. The van der Waals surface area contributed by atoms with E-state index < -0.39 is 11.1 Å². The lowest BCUT2D eigenvalue weighted by molar-refractivity contribution is -0.256. The van der Waals surface area contributed by atoms with Crippen LogP contribution in [0.1, 0.15) is 50.9 Å². The number of benzene rings is 1. The van der Waals surface area contributed by atoms with Crippen LogP contribution in [-0.4, -0.2) is 40.5 Å². The van der Waals surface area contributed by atoms with Gasteiger partial charge in [0.25, 0.3) is 0 Å². The molecule has 0 atom stereocenters. The van der Waals surface area contributed by atoms with E-state index in [9.17, 15) is 10.0 Å². The van der Waals surface area contributed by atoms with Crippen LogP contribution in [0.2, 0.25) is 0 Å². The zero-order chi connectivity index (χ0) is 16.5. The minimum absolute atomic E-state index is 0.219. The number of hydrogen-bond acceptors (Lipinski definition) is 5. The zero-order valence-electron chi connectivity index (χ0n) is 13.9. The molecule has 1 fully saturated rings. The molecule has 1 saturated heterocycles. The van der Waals surface area contributed by atoms with Crippen molar-refractivity contribution in [3.8, 4) is 5.75 Å². The third-order valence-corrected chi connectivity index (χ3v) is 4.20. The van der Waals surface area contributed by atoms with Crippen molar-refractivity contribution in [2.24, 2.45) is 0 Å². The summed E-state index contributed by atoms with van der Waals surface area (Å²) in [5.41, 5.74) is -0.373. The number of rotatable bonds is 3. The summed E-state index contributed by atoms with van der Waals surface area (Å²) in [7, 11) is 1.58. The number of methoxy groups -OCH3 is 1. The minimum Gasteiger partial charge on any atom is -0.497 e. The molecule has 0 bridgehead atoms. The number of hydrogen-bond donors (Lipinski definition) is 1. The maximum atomic E-state index is 12.3. The average Bonchev–Trinajstić information content (AvgIpc) is 2.44. The molecule has 0 aliphatic carbocycles. The van der Waals surface area contributed by atoms with E-state index in [1.165, 1.54) is 5.06 Å². The topological polar surface area (TPSA) is 59.0 Å². The first-order valence-corrected chi connectivity index (χ1v) is 7.50. The van der Waals surface area contributed by atoms with Gasteiger partial charge in [-0.2, -0.15) is 5.06 Å². The first-order chi connectivity index (χ1) is 10.2. The molecule has 5 heteroatoms. The van der Waals surface area contributed by atoms with Crippen molar-refractivity contribution in [3.05, 3.63) is 29.8 Å². The fraction of sp³-hybridized carbons (Fsp3) is 0.588. The molecule has 0 saturated carbocycles. The summed E-state index contributed by atoms with van der Waals surface area (Å²) in [6.07, 6.45) is 0.965. The second-order valence-electron chi connectivity index (χ2n) is 7.10. The number of nitrogens with zero attached hydrogens (tertiary/aromatic N) is 1. The number of hydroxylamine groups is 2. The maximum Gasteiger partial charge on any atom is 0.338 e. The largest absolute Gasteiger partial charge is 0.497 e. The Morgan fingerprint density at radius 1 is 1.14 bits per heavy atom. The summed E-state index contributed by atoms with van der Waals surface area (Å²) >= 11 is 0. The van der Waals surface area contributed by atoms with E-state index in [0.29, 0.717) is 24.2 Å². The number of carbonyl (C=O) groups is 1. The van der Waals surface area contributed by atoms with Crippen molar-refractivity contribution in [3.63, 3.8) is 0 Å². The number of carbonyl (C=O) groups excluding carboxylic acids is 1. The first kappa shape index (κ1) is 16.8. The van der Waals surface area contributed by atoms with Crippen LogP contribution in [0.25, 0.3) is 0 Å².